The van der Waals surface area contributed by atoms with E-state index in [1.165, 1.54) is 0 Å². The topological polar surface area (TPSA) is 46.6 Å². The van der Waals surface area contributed by atoms with Crippen LogP contribution in [0.1, 0.15) is 38.7 Å². The molecule has 1 aromatic carbocycles. The zero-order chi connectivity index (χ0) is 15.0. The molecule has 0 N–H and O–H groups in total. The molecule has 1 amide bonds. The number of rotatable bonds is 3. The fourth-order valence-electron chi connectivity index (χ4n) is 3.68. The minimum absolute atomic E-state index is 0.106. The maximum Gasteiger partial charge on any atom is 0.237 e. The van der Waals surface area contributed by atoms with Gasteiger partial charge in [0.25, 0.3) is 0 Å². The number of ketones is 1. The van der Waals surface area contributed by atoms with Gasteiger partial charge in [0, 0.05) is 31.5 Å². The van der Waals surface area contributed by atoms with Crippen molar-refractivity contribution in [1.82, 2.24) is 4.90 Å². The van der Waals surface area contributed by atoms with E-state index in [-0.39, 0.29) is 17.8 Å². The van der Waals surface area contributed by atoms with Gasteiger partial charge in [-0.25, -0.2) is 0 Å². The lowest BCUT2D eigenvalue weighted by molar-refractivity contribution is -0.143. The Bertz CT molecular complexity index is 579. The maximum absolute atomic E-state index is 13.2. The fraction of sp³-hybridized carbons (Fsp3) is 0.529. The average molecular weight is 287 g/mol. The Morgan fingerprint density at radius 3 is 2.76 bits per heavy atom. The Hall–Kier alpha value is -1.84. The van der Waals surface area contributed by atoms with E-state index in [9.17, 15) is 9.59 Å². The number of fused-ring (bicyclic) bond motifs is 3. The molecule has 2 aliphatic rings. The van der Waals surface area contributed by atoms with Crippen molar-refractivity contribution in [2.45, 2.75) is 44.6 Å². The maximum atomic E-state index is 13.2. The summed E-state index contributed by atoms with van der Waals surface area (Å²) in [6, 6.07) is 7.73. The number of carbonyl (C=O) groups excluding carboxylic acids is 2. The van der Waals surface area contributed by atoms with Crippen molar-refractivity contribution in [2.24, 2.45) is 0 Å². The third-order valence-corrected chi connectivity index (χ3v) is 4.83. The summed E-state index contributed by atoms with van der Waals surface area (Å²) < 4.78 is 5.98. The molecule has 3 rings (SSSR count). The summed E-state index contributed by atoms with van der Waals surface area (Å²) in [5, 5.41) is 0. The summed E-state index contributed by atoms with van der Waals surface area (Å²) in [6.45, 7) is 5.34. The molecule has 112 valence electrons. The molecular weight excluding hydrogens is 266 g/mol. The SMILES string of the molecule is CCN(CC)C(=O)[C@@]12CCC(=O)C[C@@H]1Oc1ccccc12. The number of carbonyl (C=O) groups is 2. The summed E-state index contributed by atoms with van der Waals surface area (Å²) in [5.74, 6) is 1.06. The highest BCUT2D eigenvalue weighted by molar-refractivity contribution is 5.94. The van der Waals surface area contributed by atoms with Crippen LogP contribution in [0.15, 0.2) is 24.3 Å². The zero-order valence-electron chi connectivity index (χ0n) is 12.6. The predicted octanol–water partition coefficient (Wildman–Crippen LogP) is 2.31. The van der Waals surface area contributed by atoms with Gasteiger partial charge in [0.05, 0.1) is 0 Å². The number of Topliss-reactive ketones (excluding diaryl/α,β-unsaturated/α-hetero) is 1. The van der Waals surface area contributed by atoms with Crippen LogP contribution in [0.25, 0.3) is 0 Å². The molecule has 1 heterocycles. The summed E-state index contributed by atoms with van der Waals surface area (Å²) in [7, 11) is 0. The third kappa shape index (κ3) is 1.96. The number of amides is 1. The molecule has 1 aromatic rings. The van der Waals surface area contributed by atoms with E-state index in [0.29, 0.717) is 32.4 Å². The van der Waals surface area contributed by atoms with E-state index in [4.69, 9.17) is 4.74 Å². The molecule has 1 saturated carbocycles. The van der Waals surface area contributed by atoms with E-state index in [2.05, 4.69) is 0 Å². The summed E-state index contributed by atoms with van der Waals surface area (Å²) in [5.41, 5.74) is 0.288. The minimum atomic E-state index is -0.670. The number of ether oxygens (including phenoxy) is 1. The molecule has 21 heavy (non-hydrogen) atoms. The van der Waals surface area contributed by atoms with E-state index in [1.54, 1.807) is 0 Å². The molecule has 0 unspecified atom stereocenters. The predicted molar refractivity (Wildman–Crippen MR) is 79.3 cm³/mol. The lowest BCUT2D eigenvalue weighted by atomic mass is 9.67. The Morgan fingerprint density at radius 1 is 1.33 bits per heavy atom. The van der Waals surface area contributed by atoms with Crippen LogP contribution >= 0.6 is 0 Å². The van der Waals surface area contributed by atoms with Crippen LogP contribution < -0.4 is 4.74 Å². The Labute approximate surface area is 125 Å². The average Bonchev–Trinajstić information content (AvgIpc) is 2.82. The number of hydrogen-bond acceptors (Lipinski definition) is 3. The molecule has 0 radical (unpaired) electrons. The van der Waals surface area contributed by atoms with Gasteiger partial charge in [0.1, 0.15) is 23.1 Å². The van der Waals surface area contributed by atoms with Crippen LogP contribution in [0.4, 0.5) is 0 Å². The van der Waals surface area contributed by atoms with Crippen LogP contribution in [-0.4, -0.2) is 35.8 Å². The molecule has 1 fully saturated rings. The highest BCUT2D eigenvalue weighted by atomic mass is 16.5. The van der Waals surface area contributed by atoms with Gasteiger partial charge in [-0.05, 0) is 26.3 Å². The Balaban J connectivity index is 2.09. The van der Waals surface area contributed by atoms with Crippen molar-refractivity contribution in [2.75, 3.05) is 13.1 Å². The normalized spacial score (nSPS) is 26.8. The molecule has 4 nitrogen and oxygen atoms in total. The molecule has 4 heteroatoms. The van der Waals surface area contributed by atoms with Gasteiger partial charge in [0.15, 0.2) is 0 Å². The molecule has 1 aliphatic heterocycles. The first-order chi connectivity index (χ1) is 10.1. The standard InChI is InChI=1S/C17H21NO3/c1-3-18(4-2)16(20)17-10-9-12(19)11-15(17)21-14-8-6-5-7-13(14)17/h5-8,15H,3-4,9-11H2,1-2H3/t15-,17+/m0/s1. The quantitative estimate of drug-likeness (QED) is 0.857. The molecule has 0 saturated heterocycles. The van der Waals surface area contributed by atoms with Crippen molar-refractivity contribution in [3.63, 3.8) is 0 Å². The molecule has 0 bridgehead atoms. The summed E-state index contributed by atoms with van der Waals surface area (Å²) >= 11 is 0. The largest absolute Gasteiger partial charge is 0.488 e. The second-order valence-corrected chi connectivity index (χ2v) is 5.79. The van der Waals surface area contributed by atoms with Gasteiger partial charge in [0.2, 0.25) is 5.91 Å². The number of nitrogens with zero attached hydrogens (tertiary/aromatic N) is 1. The number of likely N-dealkylation sites (N-methyl/N-ethyl adjacent to an activating group) is 1. The number of para-hydroxylation sites is 1. The van der Waals surface area contributed by atoms with Crippen LogP contribution in [0.3, 0.4) is 0 Å². The van der Waals surface area contributed by atoms with E-state index >= 15 is 0 Å². The monoisotopic (exact) mass is 287 g/mol. The number of benzene rings is 1. The Kier molecular flexibility index (Phi) is 3.47. The van der Waals surface area contributed by atoms with Crippen LogP contribution in [0.2, 0.25) is 0 Å². The highest BCUT2D eigenvalue weighted by Gasteiger charge is 2.57. The smallest absolute Gasteiger partial charge is 0.237 e. The Morgan fingerprint density at radius 2 is 2.05 bits per heavy atom. The van der Waals surface area contributed by atoms with Gasteiger partial charge >= 0.3 is 0 Å². The first-order valence-corrected chi connectivity index (χ1v) is 7.70. The summed E-state index contributed by atoms with van der Waals surface area (Å²) in [6.07, 6.45) is 1.01. The van der Waals surface area contributed by atoms with Crippen molar-refractivity contribution in [3.05, 3.63) is 29.8 Å². The van der Waals surface area contributed by atoms with E-state index in [0.717, 1.165) is 11.3 Å². The van der Waals surface area contributed by atoms with Crippen molar-refractivity contribution in [1.29, 1.82) is 0 Å². The van der Waals surface area contributed by atoms with E-state index in [1.807, 2.05) is 43.0 Å². The second-order valence-electron chi connectivity index (χ2n) is 5.79. The van der Waals surface area contributed by atoms with Crippen LogP contribution in [0.5, 0.6) is 5.75 Å². The zero-order valence-corrected chi connectivity index (χ0v) is 12.6. The molecular formula is C17H21NO3. The van der Waals surface area contributed by atoms with Crippen molar-refractivity contribution < 1.29 is 14.3 Å². The highest BCUT2D eigenvalue weighted by Crippen LogP contribution is 2.50. The molecule has 1 aliphatic carbocycles. The van der Waals surface area contributed by atoms with Crippen LogP contribution in [0, 0.1) is 0 Å². The third-order valence-electron chi connectivity index (χ3n) is 4.83. The van der Waals surface area contributed by atoms with Gasteiger partial charge in [-0.1, -0.05) is 18.2 Å². The first kappa shape index (κ1) is 14.1. The van der Waals surface area contributed by atoms with E-state index < -0.39 is 5.41 Å². The van der Waals surface area contributed by atoms with Crippen LogP contribution in [-0.2, 0) is 15.0 Å². The van der Waals surface area contributed by atoms with Crippen molar-refractivity contribution >= 4 is 11.7 Å². The number of hydrogen-bond donors (Lipinski definition) is 0. The molecule has 0 spiro atoms. The van der Waals surface area contributed by atoms with Gasteiger partial charge in [-0.15, -0.1) is 0 Å². The molecule has 0 aromatic heterocycles. The lowest BCUT2D eigenvalue weighted by Gasteiger charge is -2.39. The van der Waals surface area contributed by atoms with Gasteiger partial charge < -0.3 is 9.64 Å². The lowest BCUT2D eigenvalue weighted by Crippen LogP contribution is -2.55. The van der Waals surface area contributed by atoms with Gasteiger partial charge in [-0.2, -0.15) is 0 Å². The first-order valence-electron chi connectivity index (χ1n) is 7.70. The summed E-state index contributed by atoms with van der Waals surface area (Å²) in [4.78, 5) is 26.8. The van der Waals surface area contributed by atoms with Gasteiger partial charge in [-0.3, -0.25) is 9.59 Å². The fourth-order valence-corrected chi connectivity index (χ4v) is 3.68. The second kappa shape index (κ2) is 5.17. The van der Waals surface area contributed by atoms with Crippen molar-refractivity contribution in [3.8, 4) is 5.75 Å². The molecule has 2 atom stereocenters. The minimum Gasteiger partial charge on any atom is -0.488 e.